The third kappa shape index (κ3) is 1.73. The molecule has 0 radical (unpaired) electrons. The van der Waals surface area contributed by atoms with Crippen molar-refractivity contribution >= 4 is 9.84 Å². The molecule has 1 aromatic carbocycles. The Hall–Kier alpha value is -1.09. The van der Waals surface area contributed by atoms with Crippen LogP contribution in [0.3, 0.4) is 0 Å². The second-order valence-corrected chi connectivity index (χ2v) is 5.84. The molecule has 76 valence electrons. The summed E-state index contributed by atoms with van der Waals surface area (Å²) in [6.45, 7) is 5.25. The lowest BCUT2D eigenvalue weighted by molar-refractivity contribution is 0.575. The maximum absolute atomic E-state index is 11.6. The van der Waals surface area contributed by atoms with E-state index in [9.17, 15) is 8.42 Å². The van der Waals surface area contributed by atoms with E-state index < -0.39 is 14.6 Å². The molecule has 0 aromatic heterocycles. The smallest absolute Gasteiger partial charge is 0.160 e. The summed E-state index contributed by atoms with van der Waals surface area (Å²) in [4.78, 5) is 0. The monoisotopic (exact) mass is 210 g/mol. The molecule has 0 aliphatic heterocycles. The maximum atomic E-state index is 11.6. The first-order valence-corrected chi connectivity index (χ1v) is 6.19. The predicted molar refractivity (Wildman–Crippen MR) is 58.8 cm³/mol. The number of sulfone groups is 1. The van der Waals surface area contributed by atoms with Gasteiger partial charge in [-0.3, -0.25) is 0 Å². The second kappa shape index (κ2) is 3.58. The summed E-state index contributed by atoms with van der Waals surface area (Å²) in [7, 11) is -3.19. The standard InChI is InChI=1S/C11H14O2S/c1-4-11(2,14(3,12)13)10-8-6-5-7-9-10/h4-9H,1H2,2-3H3/t11-/m0/s1. The quantitative estimate of drug-likeness (QED) is 0.716. The molecular formula is C11H14O2S. The Bertz CT molecular complexity index is 420. The van der Waals surface area contributed by atoms with Gasteiger partial charge in [0.25, 0.3) is 0 Å². The first kappa shape index (κ1) is 11.0. The number of benzene rings is 1. The molecule has 1 aromatic rings. The van der Waals surface area contributed by atoms with Gasteiger partial charge in [0.05, 0.1) is 0 Å². The summed E-state index contributed by atoms with van der Waals surface area (Å²) in [5, 5.41) is 0. The Labute approximate surface area is 85.2 Å². The fourth-order valence-corrected chi connectivity index (χ4v) is 2.12. The van der Waals surface area contributed by atoms with E-state index in [1.807, 2.05) is 18.2 Å². The minimum atomic E-state index is -3.19. The normalized spacial score (nSPS) is 15.9. The summed E-state index contributed by atoms with van der Waals surface area (Å²) in [5.41, 5.74) is 0.748. The van der Waals surface area contributed by atoms with E-state index in [1.54, 1.807) is 19.1 Å². The van der Waals surface area contributed by atoms with Crippen LogP contribution in [0.25, 0.3) is 0 Å². The third-order valence-corrected chi connectivity index (χ3v) is 4.45. The maximum Gasteiger partial charge on any atom is 0.160 e. The number of hydrogen-bond donors (Lipinski definition) is 0. The highest BCUT2D eigenvalue weighted by Gasteiger charge is 2.33. The van der Waals surface area contributed by atoms with E-state index >= 15 is 0 Å². The molecule has 0 heterocycles. The van der Waals surface area contributed by atoms with E-state index in [-0.39, 0.29) is 0 Å². The van der Waals surface area contributed by atoms with Crippen molar-refractivity contribution < 1.29 is 8.42 Å². The van der Waals surface area contributed by atoms with Gasteiger partial charge in [-0.25, -0.2) is 8.42 Å². The number of rotatable bonds is 3. The average molecular weight is 210 g/mol. The van der Waals surface area contributed by atoms with Gasteiger partial charge in [-0.15, -0.1) is 6.58 Å². The van der Waals surface area contributed by atoms with Gasteiger partial charge in [-0.2, -0.15) is 0 Å². The van der Waals surface area contributed by atoms with Crippen molar-refractivity contribution in [2.24, 2.45) is 0 Å². The molecule has 0 aliphatic rings. The fourth-order valence-electron chi connectivity index (χ4n) is 1.25. The van der Waals surface area contributed by atoms with Crippen molar-refractivity contribution in [2.75, 3.05) is 6.26 Å². The molecule has 0 amide bonds. The van der Waals surface area contributed by atoms with Gasteiger partial charge in [0.2, 0.25) is 0 Å². The van der Waals surface area contributed by atoms with Crippen molar-refractivity contribution in [2.45, 2.75) is 11.7 Å². The molecule has 1 atom stereocenters. The van der Waals surface area contributed by atoms with Gasteiger partial charge >= 0.3 is 0 Å². The highest BCUT2D eigenvalue weighted by molar-refractivity contribution is 7.91. The second-order valence-electron chi connectivity index (χ2n) is 3.45. The van der Waals surface area contributed by atoms with Crippen molar-refractivity contribution in [3.8, 4) is 0 Å². The minimum absolute atomic E-state index is 0.748. The summed E-state index contributed by atoms with van der Waals surface area (Å²) in [5.74, 6) is 0. The van der Waals surface area contributed by atoms with E-state index in [0.717, 1.165) is 5.56 Å². The van der Waals surface area contributed by atoms with Crippen molar-refractivity contribution in [3.05, 3.63) is 48.6 Å². The highest BCUT2D eigenvalue weighted by atomic mass is 32.2. The zero-order valence-corrected chi connectivity index (χ0v) is 9.21. The first-order chi connectivity index (χ1) is 6.42. The summed E-state index contributed by atoms with van der Waals surface area (Å²) in [6.07, 6.45) is 2.69. The molecule has 0 unspecified atom stereocenters. The fraction of sp³-hybridized carbons (Fsp3) is 0.273. The topological polar surface area (TPSA) is 34.1 Å². The molecule has 0 bridgehead atoms. The Morgan fingerprint density at radius 3 is 2.14 bits per heavy atom. The zero-order chi connectivity index (χ0) is 10.8. The van der Waals surface area contributed by atoms with Gasteiger partial charge in [-0.1, -0.05) is 36.4 Å². The van der Waals surface area contributed by atoms with Crippen LogP contribution in [-0.2, 0) is 14.6 Å². The van der Waals surface area contributed by atoms with Gasteiger partial charge in [0.1, 0.15) is 4.75 Å². The zero-order valence-electron chi connectivity index (χ0n) is 8.40. The Balaban J connectivity index is 3.37. The largest absolute Gasteiger partial charge is 0.228 e. The first-order valence-electron chi connectivity index (χ1n) is 4.30. The lowest BCUT2D eigenvalue weighted by Gasteiger charge is -2.23. The molecule has 0 saturated heterocycles. The molecule has 0 N–H and O–H groups in total. The van der Waals surface area contributed by atoms with Crippen molar-refractivity contribution in [1.82, 2.24) is 0 Å². The Kier molecular flexibility index (Phi) is 2.81. The SMILES string of the molecule is C=C[C@@](C)(c1ccccc1)S(C)(=O)=O. The van der Waals surface area contributed by atoms with Crippen LogP contribution in [0.4, 0.5) is 0 Å². The van der Waals surface area contributed by atoms with Crippen LogP contribution in [0.1, 0.15) is 12.5 Å². The minimum Gasteiger partial charge on any atom is -0.228 e. The van der Waals surface area contributed by atoms with E-state index in [2.05, 4.69) is 6.58 Å². The Morgan fingerprint density at radius 2 is 1.79 bits per heavy atom. The van der Waals surface area contributed by atoms with Crippen LogP contribution in [-0.4, -0.2) is 14.7 Å². The summed E-state index contributed by atoms with van der Waals surface area (Å²) in [6, 6.07) is 9.09. The van der Waals surface area contributed by atoms with E-state index in [0.29, 0.717) is 0 Å². The van der Waals surface area contributed by atoms with Gasteiger partial charge < -0.3 is 0 Å². The van der Waals surface area contributed by atoms with Crippen molar-refractivity contribution in [1.29, 1.82) is 0 Å². The van der Waals surface area contributed by atoms with Gasteiger partial charge in [-0.05, 0) is 12.5 Å². The molecule has 0 spiro atoms. The molecular weight excluding hydrogens is 196 g/mol. The molecule has 0 fully saturated rings. The van der Waals surface area contributed by atoms with Crippen LogP contribution >= 0.6 is 0 Å². The van der Waals surface area contributed by atoms with Crippen LogP contribution < -0.4 is 0 Å². The molecule has 1 rings (SSSR count). The lowest BCUT2D eigenvalue weighted by atomic mass is 10.0. The van der Waals surface area contributed by atoms with E-state index in [4.69, 9.17) is 0 Å². The average Bonchev–Trinajstić information content (AvgIpc) is 2.16. The third-order valence-electron chi connectivity index (χ3n) is 2.51. The van der Waals surface area contributed by atoms with Gasteiger partial charge in [0, 0.05) is 6.26 Å². The van der Waals surface area contributed by atoms with Crippen molar-refractivity contribution in [3.63, 3.8) is 0 Å². The van der Waals surface area contributed by atoms with E-state index in [1.165, 1.54) is 12.3 Å². The number of hydrogen-bond acceptors (Lipinski definition) is 2. The van der Waals surface area contributed by atoms with Gasteiger partial charge in [0.15, 0.2) is 9.84 Å². The van der Waals surface area contributed by atoms with Crippen LogP contribution in [0.15, 0.2) is 43.0 Å². The molecule has 2 nitrogen and oxygen atoms in total. The van der Waals surface area contributed by atoms with Crippen LogP contribution in [0.2, 0.25) is 0 Å². The summed E-state index contributed by atoms with van der Waals surface area (Å²) >= 11 is 0. The highest BCUT2D eigenvalue weighted by Crippen LogP contribution is 2.30. The van der Waals surface area contributed by atoms with Crippen LogP contribution in [0, 0.1) is 0 Å². The Morgan fingerprint density at radius 1 is 1.29 bits per heavy atom. The molecule has 3 heteroatoms. The molecule has 14 heavy (non-hydrogen) atoms. The van der Waals surface area contributed by atoms with Crippen LogP contribution in [0.5, 0.6) is 0 Å². The molecule has 0 saturated carbocycles. The molecule has 0 aliphatic carbocycles. The predicted octanol–water partition coefficient (Wildman–Crippen LogP) is 2.13. The summed E-state index contributed by atoms with van der Waals surface area (Å²) < 4.78 is 22.2. The lowest BCUT2D eigenvalue weighted by Crippen LogP contribution is -2.29.